The average molecular weight is 461 g/mol. The normalized spacial score (nSPS) is 23.7. The van der Waals surface area contributed by atoms with Gasteiger partial charge in [-0.3, -0.25) is 4.98 Å². The third-order valence-electron chi connectivity index (χ3n) is 5.93. The Labute approximate surface area is 193 Å². The standard InChI is InChI=1S/C24H20FN5O4/c25-16-5-1-13(2-6-16)23-28-24(30-29-23)15-3-7-17(26-10-15)14-4-8-20(27-9-14)34-19-12-33-21-18(31)11-32-22(19)21/h1-10,18-19,21-22,31H,11-12H2,(H,28,29,30)/t18-,19+,21-,22-/m1/s1. The van der Waals surface area contributed by atoms with Gasteiger partial charge in [0.25, 0.3) is 0 Å². The molecule has 4 atom stereocenters. The van der Waals surface area contributed by atoms with Gasteiger partial charge in [0.2, 0.25) is 5.88 Å². The van der Waals surface area contributed by atoms with Gasteiger partial charge in [-0.25, -0.2) is 9.37 Å². The summed E-state index contributed by atoms with van der Waals surface area (Å²) in [7, 11) is 0. The lowest BCUT2D eigenvalue weighted by atomic mass is 10.1. The van der Waals surface area contributed by atoms with E-state index < -0.39 is 6.10 Å². The Kier molecular flexibility index (Phi) is 5.25. The number of aromatic amines is 1. The highest BCUT2D eigenvalue weighted by molar-refractivity contribution is 5.64. The van der Waals surface area contributed by atoms with E-state index in [9.17, 15) is 9.50 Å². The minimum absolute atomic E-state index is 0.255. The molecule has 5 heterocycles. The molecule has 2 N–H and O–H groups in total. The third-order valence-corrected chi connectivity index (χ3v) is 5.93. The van der Waals surface area contributed by atoms with Crippen molar-refractivity contribution in [2.45, 2.75) is 24.4 Å². The van der Waals surface area contributed by atoms with E-state index in [-0.39, 0.29) is 30.7 Å². The Balaban J connectivity index is 1.13. The second kappa shape index (κ2) is 8.56. The van der Waals surface area contributed by atoms with Crippen molar-refractivity contribution in [3.05, 3.63) is 66.7 Å². The topological polar surface area (TPSA) is 115 Å². The monoisotopic (exact) mass is 461 g/mol. The number of benzene rings is 1. The predicted octanol–water partition coefficient (Wildman–Crippen LogP) is 2.64. The molecule has 0 amide bonds. The van der Waals surface area contributed by atoms with Gasteiger partial charge in [-0.05, 0) is 42.5 Å². The number of aromatic nitrogens is 5. The number of rotatable bonds is 5. The summed E-state index contributed by atoms with van der Waals surface area (Å²) in [5.41, 5.74) is 3.09. The van der Waals surface area contributed by atoms with Gasteiger partial charge in [-0.15, -0.1) is 10.2 Å². The molecule has 10 heteroatoms. The molecule has 2 aliphatic heterocycles. The maximum absolute atomic E-state index is 13.1. The van der Waals surface area contributed by atoms with Crippen molar-refractivity contribution in [3.63, 3.8) is 0 Å². The summed E-state index contributed by atoms with van der Waals surface area (Å²) < 4.78 is 30.2. The predicted molar refractivity (Wildman–Crippen MR) is 118 cm³/mol. The lowest BCUT2D eigenvalue weighted by Crippen LogP contribution is -2.34. The van der Waals surface area contributed by atoms with Gasteiger partial charge in [-0.2, -0.15) is 0 Å². The Morgan fingerprint density at radius 3 is 2.26 bits per heavy atom. The maximum Gasteiger partial charge on any atom is 0.213 e. The van der Waals surface area contributed by atoms with Crippen LogP contribution >= 0.6 is 0 Å². The van der Waals surface area contributed by atoms with Crippen LogP contribution in [0.1, 0.15) is 0 Å². The van der Waals surface area contributed by atoms with Crippen molar-refractivity contribution in [3.8, 4) is 39.9 Å². The SMILES string of the molecule is O[C@@H]1CO[C@H]2[C@@H]1OC[C@@H]2Oc1ccc(-c2ccc(-c3nnc(-c4ccc(F)cc4)[nH]3)cn2)cn1. The summed E-state index contributed by atoms with van der Waals surface area (Å²) in [5, 5.41) is 18.2. The van der Waals surface area contributed by atoms with E-state index in [2.05, 4.69) is 25.1 Å². The summed E-state index contributed by atoms with van der Waals surface area (Å²) in [6, 6.07) is 13.5. The number of hydrogen-bond donors (Lipinski definition) is 2. The molecule has 4 aromatic rings. The molecular formula is C24H20FN5O4. The van der Waals surface area contributed by atoms with E-state index in [1.807, 2.05) is 18.2 Å². The molecule has 2 saturated heterocycles. The fourth-order valence-electron chi connectivity index (χ4n) is 4.14. The van der Waals surface area contributed by atoms with Crippen molar-refractivity contribution in [1.82, 2.24) is 25.1 Å². The highest BCUT2D eigenvalue weighted by Crippen LogP contribution is 2.30. The Morgan fingerprint density at radius 1 is 0.824 bits per heavy atom. The number of fused-ring (bicyclic) bond motifs is 1. The summed E-state index contributed by atoms with van der Waals surface area (Å²) in [6.07, 6.45) is 1.84. The molecule has 2 fully saturated rings. The maximum atomic E-state index is 13.1. The van der Waals surface area contributed by atoms with E-state index in [4.69, 9.17) is 14.2 Å². The molecular weight excluding hydrogens is 441 g/mol. The summed E-state index contributed by atoms with van der Waals surface area (Å²) in [5.74, 6) is 1.27. The zero-order chi connectivity index (χ0) is 23.1. The molecule has 34 heavy (non-hydrogen) atoms. The molecule has 9 nitrogen and oxygen atoms in total. The van der Waals surface area contributed by atoms with Gasteiger partial charge in [0.05, 0.1) is 18.9 Å². The van der Waals surface area contributed by atoms with Gasteiger partial charge >= 0.3 is 0 Å². The van der Waals surface area contributed by atoms with Crippen LogP contribution in [0.5, 0.6) is 5.88 Å². The Morgan fingerprint density at radius 2 is 1.53 bits per heavy atom. The van der Waals surface area contributed by atoms with Gasteiger partial charge in [0, 0.05) is 35.2 Å². The lowest BCUT2D eigenvalue weighted by Gasteiger charge is -2.17. The number of aliphatic hydroxyl groups excluding tert-OH is 1. The number of nitrogens with one attached hydrogen (secondary N) is 1. The molecule has 1 aromatic carbocycles. The molecule has 0 radical (unpaired) electrons. The lowest BCUT2D eigenvalue weighted by molar-refractivity contribution is 0.00780. The first-order chi connectivity index (χ1) is 16.6. The van der Waals surface area contributed by atoms with Crippen LogP contribution < -0.4 is 4.74 Å². The van der Waals surface area contributed by atoms with Crippen molar-refractivity contribution in [2.75, 3.05) is 13.2 Å². The quantitative estimate of drug-likeness (QED) is 0.466. The highest BCUT2D eigenvalue weighted by Gasteiger charge is 2.48. The summed E-state index contributed by atoms with van der Waals surface area (Å²) in [6.45, 7) is 0.605. The number of H-pyrrole nitrogens is 1. The van der Waals surface area contributed by atoms with Crippen LogP contribution in [0, 0.1) is 5.82 Å². The molecule has 0 aliphatic carbocycles. The number of aliphatic hydroxyl groups is 1. The number of nitrogens with zero attached hydrogens (tertiary/aromatic N) is 4. The van der Waals surface area contributed by atoms with Gasteiger partial charge in [0.15, 0.2) is 17.8 Å². The first-order valence-corrected chi connectivity index (χ1v) is 10.8. The van der Waals surface area contributed by atoms with Crippen LogP contribution in [-0.2, 0) is 9.47 Å². The van der Waals surface area contributed by atoms with Gasteiger partial charge in [-0.1, -0.05) is 0 Å². The largest absolute Gasteiger partial charge is 0.469 e. The Bertz CT molecular complexity index is 1280. The Hall–Kier alpha value is -3.73. The average Bonchev–Trinajstić information content (AvgIpc) is 3.60. The van der Waals surface area contributed by atoms with E-state index in [0.717, 1.165) is 22.4 Å². The van der Waals surface area contributed by atoms with E-state index in [1.54, 1.807) is 30.6 Å². The van der Waals surface area contributed by atoms with Crippen LogP contribution in [0.3, 0.4) is 0 Å². The zero-order valence-corrected chi connectivity index (χ0v) is 17.8. The number of ether oxygens (including phenoxy) is 3. The van der Waals surface area contributed by atoms with Crippen LogP contribution in [0.15, 0.2) is 60.9 Å². The fraction of sp³-hybridized carbons (Fsp3) is 0.250. The first kappa shape index (κ1) is 20.8. The molecule has 172 valence electrons. The second-order valence-corrected chi connectivity index (χ2v) is 8.17. The number of pyridine rings is 2. The fourth-order valence-corrected chi connectivity index (χ4v) is 4.14. The number of halogens is 1. The molecule has 3 aromatic heterocycles. The second-order valence-electron chi connectivity index (χ2n) is 8.17. The van der Waals surface area contributed by atoms with Crippen molar-refractivity contribution < 1.29 is 23.7 Å². The molecule has 2 aliphatic rings. The summed E-state index contributed by atoms with van der Waals surface area (Å²) in [4.78, 5) is 12.0. The van der Waals surface area contributed by atoms with E-state index >= 15 is 0 Å². The zero-order valence-electron chi connectivity index (χ0n) is 17.8. The summed E-state index contributed by atoms with van der Waals surface area (Å²) >= 11 is 0. The van der Waals surface area contributed by atoms with E-state index in [0.29, 0.717) is 24.1 Å². The highest BCUT2D eigenvalue weighted by atomic mass is 19.1. The minimum atomic E-state index is -0.616. The first-order valence-electron chi connectivity index (χ1n) is 10.8. The van der Waals surface area contributed by atoms with Crippen LogP contribution in [0.4, 0.5) is 4.39 Å². The molecule has 6 rings (SSSR count). The van der Waals surface area contributed by atoms with Crippen LogP contribution in [-0.4, -0.2) is 67.9 Å². The minimum Gasteiger partial charge on any atom is -0.469 e. The molecule has 0 spiro atoms. The van der Waals surface area contributed by atoms with Gasteiger partial charge in [0.1, 0.15) is 24.1 Å². The van der Waals surface area contributed by atoms with Crippen LogP contribution in [0.2, 0.25) is 0 Å². The van der Waals surface area contributed by atoms with Crippen molar-refractivity contribution in [1.29, 1.82) is 0 Å². The van der Waals surface area contributed by atoms with Gasteiger partial charge < -0.3 is 24.3 Å². The van der Waals surface area contributed by atoms with Crippen molar-refractivity contribution in [2.24, 2.45) is 0 Å². The smallest absolute Gasteiger partial charge is 0.213 e. The van der Waals surface area contributed by atoms with Crippen LogP contribution in [0.25, 0.3) is 34.0 Å². The molecule has 0 unspecified atom stereocenters. The third kappa shape index (κ3) is 3.92. The van der Waals surface area contributed by atoms with Crippen molar-refractivity contribution >= 4 is 0 Å². The van der Waals surface area contributed by atoms with E-state index in [1.165, 1.54) is 12.1 Å². The molecule has 0 bridgehead atoms. The molecule has 0 saturated carbocycles. The number of hydrogen-bond acceptors (Lipinski definition) is 8.